The second-order valence-corrected chi connectivity index (χ2v) is 5.01. The first-order valence-corrected chi connectivity index (χ1v) is 6.74. The van der Waals surface area contributed by atoms with Crippen LogP contribution in [0.25, 0.3) is 0 Å². The SMILES string of the molecule is CC(=O)c1ccc2c(c1)CC(C(=O)c1ccccc1)=CO2. The van der Waals surface area contributed by atoms with Gasteiger partial charge in [-0.05, 0) is 25.1 Å². The number of benzene rings is 2. The van der Waals surface area contributed by atoms with E-state index >= 15 is 0 Å². The molecule has 3 rings (SSSR count). The Morgan fingerprint density at radius 3 is 2.48 bits per heavy atom. The molecule has 0 N–H and O–H groups in total. The van der Waals surface area contributed by atoms with E-state index in [9.17, 15) is 9.59 Å². The molecule has 0 aromatic heterocycles. The molecular formula is C18H14O3. The molecule has 0 fully saturated rings. The van der Waals surface area contributed by atoms with Gasteiger partial charge in [-0.2, -0.15) is 0 Å². The number of allylic oxidation sites excluding steroid dienone is 1. The lowest BCUT2D eigenvalue weighted by Crippen LogP contribution is -2.12. The first kappa shape index (κ1) is 13.3. The standard InChI is InChI=1S/C18H14O3/c1-12(19)14-7-8-17-15(9-14)10-16(11-21-17)18(20)13-5-3-2-4-6-13/h2-9,11H,10H2,1H3. The molecule has 0 bridgehead atoms. The predicted octanol–water partition coefficient (Wildman–Crippen LogP) is 3.59. The average molecular weight is 278 g/mol. The summed E-state index contributed by atoms with van der Waals surface area (Å²) in [5.74, 6) is 0.655. The van der Waals surface area contributed by atoms with Crippen LogP contribution in [-0.4, -0.2) is 11.6 Å². The highest BCUT2D eigenvalue weighted by Crippen LogP contribution is 2.29. The van der Waals surface area contributed by atoms with Gasteiger partial charge in [-0.3, -0.25) is 9.59 Å². The van der Waals surface area contributed by atoms with Gasteiger partial charge in [0.25, 0.3) is 0 Å². The molecule has 21 heavy (non-hydrogen) atoms. The summed E-state index contributed by atoms with van der Waals surface area (Å²) in [5, 5.41) is 0. The Hall–Kier alpha value is -2.68. The zero-order chi connectivity index (χ0) is 14.8. The Bertz CT molecular complexity index is 742. The van der Waals surface area contributed by atoms with Crippen LogP contribution in [-0.2, 0) is 6.42 Å². The smallest absolute Gasteiger partial charge is 0.192 e. The number of Topliss-reactive ketones (excluding diaryl/α,β-unsaturated/α-hetero) is 2. The predicted molar refractivity (Wildman–Crippen MR) is 79.6 cm³/mol. The number of carbonyl (C=O) groups excluding carboxylic acids is 2. The van der Waals surface area contributed by atoms with Gasteiger partial charge in [-0.25, -0.2) is 0 Å². The number of ether oxygens (including phenoxy) is 1. The summed E-state index contributed by atoms with van der Waals surface area (Å²) in [4.78, 5) is 23.9. The molecule has 3 nitrogen and oxygen atoms in total. The fraction of sp³-hybridized carbons (Fsp3) is 0.111. The summed E-state index contributed by atoms with van der Waals surface area (Å²) in [6.45, 7) is 1.53. The normalized spacial score (nSPS) is 12.9. The van der Waals surface area contributed by atoms with Gasteiger partial charge < -0.3 is 4.74 Å². The van der Waals surface area contributed by atoms with Crippen molar-refractivity contribution in [3.63, 3.8) is 0 Å². The monoisotopic (exact) mass is 278 g/mol. The summed E-state index contributed by atoms with van der Waals surface area (Å²) >= 11 is 0. The maximum absolute atomic E-state index is 12.4. The van der Waals surface area contributed by atoms with Crippen molar-refractivity contribution in [1.29, 1.82) is 0 Å². The summed E-state index contributed by atoms with van der Waals surface area (Å²) < 4.78 is 5.52. The van der Waals surface area contributed by atoms with Crippen molar-refractivity contribution in [2.45, 2.75) is 13.3 Å². The van der Waals surface area contributed by atoms with Gasteiger partial charge in [0.1, 0.15) is 5.75 Å². The van der Waals surface area contributed by atoms with E-state index in [1.165, 1.54) is 13.2 Å². The first-order valence-electron chi connectivity index (χ1n) is 6.74. The zero-order valence-electron chi connectivity index (χ0n) is 11.6. The number of fused-ring (bicyclic) bond motifs is 1. The van der Waals surface area contributed by atoms with Crippen LogP contribution in [0.5, 0.6) is 5.75 Å². The van der Waals surface area contributed by atoms with Gasteiger partial charge in [-0.1, -0.05) is 30.3 Å². The van der Waals surface area contributed by atoms with Crippen molar-refractivity contribution < 1.29 is 14.3 Å². The molecule has 0 amide bonds. The van der Waals surface area contributed by atoms with E-state index in [0.717, 1.165) is 5.56 Å². The Kier molecular flexibility index (Phi) is 3.40. The molecular weight excluding hydrogens is 264 g/mol. The van der Waals surface area contributed by atoms with E-state index < -0.39 is 0 Å². The number of carbonyl (C=O) groups is 2. The second kappa shape index (κ2) is 5.37. The lowest BCUT2D eigenvalue weighted by atomic mass is 9.94. The Morgan fingerprint density at radius 1 is 1.00 bits per heavy atom. The molecule has 2 aromatic rings. The number of hydrogen-bond acceptors (Lipinski definition) is 3. The lowest BCUT2D eigenvalue weighted by Gasteiger charge is -2.17. The summed E-state index contributed by atoms with van der Waals surface area (Å²) in [5.41, 5.74) is 2.73. The third kappa shape index (κ3) is 2.63. The molecule has 0 spiro atoms. The number of ketones is 2. The third-order valence-corrected chi connectivity index (χ3v) is 3.50. The minimum atomic E-state index is -0.0468. The van der Waals surface area contributed by atoms with Crippen molar-refractivity contribution in [1.82, 2.24) is 0 Å². The topological polar surface area (TPSA) is 43.4 Å². The van der Waals surface area contributed by atoms with Gasteiger partial charge in [-0.15, -0.1) is 0 Å². The quantitative estimate of drug-likeness (QED) is 0.806. The number of hydrogen-bond donors (Lipinski definition) is 0. The first-order chi connectivity index (χ1) is 10.1. The molecule has 1 aliphatic rings. The van der Waals surface area contributed by atoms with E-state index in [1.807, 2.05) is 18.2 Å². The Labute approximate surface area is 122 Å². The van der Waals surface area contributed by atoms with Gasteiger partial charge in [0.15, 0.2) is 11.6 Å². The van der Waals surface area contributed by atoms with Crippen molar-refractivity contribution in [3.05, 3.63) is 77.1 Å². The van der Waals surface area contributed by atoms with Crippen LogP contribution in [0.3, 0.4) is 0 Å². The fourth-order valence-corrected chi connectivity index (χ4v) is 2.34. The summed E-state index contributed by atoms with van der Waals surface area (Å²) in [6, 6.07) is 14.4. The highest BCUT2D eigenvalue weighted by molar-refractivity contribution is 6.09. The Balaban J connectivity index is 1.89. The van der Waals surface area contributed by atoms with E-state index in [1.54, 1.807) is 30.3 Å². The van der Waals surface area contributed by atoms with Crippen molar-refractivity contribution >= 4 is 11.6 Å². The molecule has 1 heterocycles. The van der Waals surface area contributed by atoms with Crippen LogP contribution in [0, 0.1) is 0 Å². The van der Waals surface area contributed by atoms with Crippen LogP contribution < -0.4 is 4.74 Å². The average Bonchev–Trinajstić information content (AvgIpc) is 2.54. The molecule has 0 saturated heterocycles. The van der Waals surface area contributed by atoms with Crippen LogP contribution in [0.2, 0.25) is 0 Å². The maximum atomic E-state index is 12.4. The zero-order valence-corrected chi connectivity index (χ0v) is 11.6. The van der Waals surface area contributed by atoms with Crippen molar-refractivity contribution in [2.24, 2.45) is 0 Å². The molecule has 2 aromatic carbocycles. The van der Waals surface area contributed by atoms with E-state index in [0.29, 0.717) is 28.9 Å². The van der Waals surface area contributed by atoms with Crippen molar-refractivity contribution in [2.75, 3.05) is 0 Å². The Morgan fingerprint density at radius 2 is 1.76 bits per heavy atom. The largest absolute Gasteiger partial charge is 0.464 e. The van der Waals surface area contributed by atoms with Gasteiger partial charge in [0.2, 0.25) is 0 Å². The third-order valence-electron chi connectivity index (χ3n) is 3.50. The van der Waals surface area contributed by atoms with Crippen LogP contribution >= 0.6 is 0 Å². The van der Waals surface area contributed by atoms with Crippen LogP contribution in [0.15, 0.2) is 60.4 Å². The molecule has 0 unspecified atom stereocenters. The number of rotatable bonds is 3. The van der Waals surface area contributed by atoms with Gasteiger partial charge in [0, 0.05) is 28.7 Å². The molecule has 104 valence electrons. The molecule has 0 atom stereocenters. The van der Waals surface area contributed by atoms with Gasteiger partial charge >= 0.3 is 0 Å². The molecule has 0 radical (unpaired) electrons. The molecule has 0 aliphatic carbocycles. The summed E-state index contributed by atoms with van der Waals surface area (Å²) in [6.07, 6.45) is 1.98. The minimum absolute atomic E-state index is 0.00305. The van der Waals surface area contributed by atoms with E-state index in [4.69, 9.17) is 4.74 Å². The van der Waals surface area contributed by atoms with Crippen molar-refractivity contribution in [3.8, 4) is 5.75 Å². The summed E-state index contributed by atoms with van der Waals surface area (Å²) in [7, 11) is 0. The molecule has 3 heteroatoms. The van der Waals surface area contributed by atoms with Crippen LogP contribution in [0.1, 0.15) is 33.2 Å². The highest BCUT2D eigenvalue weighted by Gasteiger charge is 2.20. The van der Waals surface area contributed by atoms with E-state index in [-0.39, 0.29) is 11.6 Å². The molecule has 0 saturated carbocycles. The molecule has 1 aliphatic heterocycles. The highest BCUT2D eigenvalue weighted by atomic mass is 16.5. The second-order valence-electron chi connectivity index (χ2n) is 5.01. The van der Waals surface area contributed by atoms with Gasteiger partial charge in [0.05, 0.1) is 6.26 Å². The van der Waals surface area contributed by atoms with E-state index in [2.05, 4.69) is 0 Å². The maximum Gasteiger partial charge on any atom is 0.192 e. The van der Waals surface area contributed by atoms with Crippen LogP contribution in [0.4, 0.5) is 0 Å². The lowest BCUT2D eigenvalue weighted by molar-refractivity contribution is 0.101. The minimum Gasteiger partial charge on any atom is -0.464 e. The fourth-order valence-electron chi connectivity index (χ4n) is 2.34.